The molecule has 4 aliphatic carbocycles. The third-order valence-corrected chi connectivity index (χ3v) is 12.1. The molecule has 4 aliphatic rings. The summed E-state index contributed by atoms with van der Waals surface area (Å²) in [5.74, 6) is -0.606. The summed E-state index contributed by atoms with van der Waals surface area (Å²) in [6, 6.07) is 0. The number of hydrogen-bond donors (Lipinski definition) is 0. The van der Waals surface area contributed by atoms with E-state index in [1.54, 1.807) is 0 Å². The van der Waals surface area contributed by atoms with Gasteiger partial charge in [-0.15, -0.1) is 0 Å². The summed E-state index contributed by atoms with van der Waals surface area (Å²) in [7, 11) is -0.815. The molecular formula is C28H48O6Si2. The Morgan fingerprint density at radius 1 is 0.972 bits per heavy atom. The van der Waals surface area contributed by atoms with Crippen LogP contribution < -0.4 is 0 Å². The number of fused-ring (bicyclic) bond motifs is 3. The standard InChI is InChI=1S/C28H48O6Si2/c1-17-15-28-16-18(17)19(33-35(6,7)8)14-20(28)26(2)13-12-21(34-36(9,10)11)27(3,25(30)32-5)23(26)22(28)24(29)31-4/h18-23H,1,12-16H2,2-11H3/t18-,19+,20?,21+,22?,23?,26+,27?,28+/m1/s1. The lowest BCUT2D eigenvalue weighted by molar-refractivity contribution is -0.183. The summed E-state index contributed by atoms with van der Waals surface area (Å²) >= 11 is 0. The Labute approximate surface area is 220 Å². The molecule has 0 radical (unpaired) electrons. The highest BCUT2D eigenvalue weighted by Crippen LogP contribution is 2.78. The molecule has 2 bridgehead atoms. The summed E-state index contributed by atoms with van der Waals surface area (Å²) in [6.07, 6.45) is 4.13. The van der Waals surface area contributed by atoms with E-state index < -0.39 is 28.0 Å². The van der Waals surface area contributed by atoms with Crippen molar-refractivity contribution in [2.24, 2.45) is 39.9 Å². The summed E-state index contributed by atoms with van der Waals surface area (Å²) < 4.78 is 24.5. The molecule has 9 atom stereocenters. The van der Waals surface area contributed by atoms with Gasteiger partial charge in [0.2, 0.25) is 0 Å². The van der Waals surface area contributed by atoms with Crippen molar-refractivity contribution >= 4 is 28.6 Å². The van der Waals surface area contributed by atoms with Crippen LogP contribution in [0.25, 0.3) is 0 Å². The second kappa shape index (κ2) is 8.78. The zero-order valence-electron chi connectivity index (χ0n) is 24.2. The quantitative estimate of drug-likeness (QED) is 0.243. The Bertz CT molecular complexity index is 937. The van der Waals surface area contributed by atoms with E-state index in [0.29, 0.717) is 0 Å². The molecule has 0 aliphatic heterocycles. The van der Waals surface area contributed by atoms with E-state index in [-0.39, 0.29) is 52.7 Å². The van der Waals surface area contributed by atoms with Gasteiger partial charge >= 0.3 is 11.9 Å². The van der Waals surface area contributed by atoms with Crippen molar-refractivity contribution in [1.29, 1.82) is 0 Å². The first-order valence-corrected chi connectivity index (χ1v) is 20.5. The van der Waals surface area contributed by atoms with Crippen molar-refractivity contribution in [2.75, 3.05) is 14.2 Å². The highest BCUT2D eigenvalue weighted by Gasteiger charge is 2.78. The Morgan fingerprint density at radius 2 is 1.58 bits per heavy atom. The van der Waals surface area contributed by atoms with Crippen molar-refractivity contribution in [3.63, 3.8) is 0 Å². The smallest absolute Gasteiger partial charge is 0.314 e. The number of carbonyl (C=O) groups excluding carboxylic acids is 2. The Kier molecular flexibility index (Phi) is 6.84. The lowest BCUT2D eigenvalue weighted by Gasteiger charge is -2.55. The maximum absolute atomic E-state index is 13.8. The van der Waals surface area contributed by atoms with E-state index in [4.69, 9.17) is 18.3 Å². The van der Waals surface area contributed by atoms with Gasteiger partial charge in [-0.2, -0.15) is 0 Å². The van der Waals surface area contributed by atoms with Crippen molar-refractivity contribution in [3.05, 3.63) is 12.2 Å². The molecule has 4 unspecified atom stereocenters. The molecular weight excluding hydrogens is 488 g/mol. The zero-order valence-corrected chi connectivity index (χ0v) is 26.2. The van der Waals surface area contributed by atoms with Crippen LogP contribution in [0.2, 0.25) is 39.3 Å². The molecule has 4 fully saturated rings. The largest absolute Gasteiger partial charge is 0.469 e. The fraction of sp³-hybridized carbons (Fsp3) is 0.857. The first kappa shape index (κ1) is 28.1. The van der Waals surface area contributed by atoms with Crippen molar-refractivity contribution in [3.8, 4) is 0 Å². The monoisotopic (exact) mass is 536 g/mol. The van der Waals surface area contributed by atoms with E-state index in [9.17, 15) is 9.59 Å². The van der Waals surface area contributed by atoms with Gasteiger partial charge in [0.1, 0.15) is 0 Å². The number of esters is 2. The molecule has 8 heteroatoms. The van der Waals surface area contributed by atoms with Crippen LogP contribution in [0.3, 0.4) is 0 Å². The van der Waals surface area contributed by atoms with Crippen molar-refractivity contribution in [2.45, 2.75) is 97.4 Å². The van der Waals surface area contributed by atoms with Gasteiger partial charge in [-0.1, -0.05) is 19.1 Å². The zero-order chi connectivity index (χ0) is 27.1. The van der Waals surface area contributed by atoms with Gasteiger partial charge in [0.25, 0.3) is 0 Å². The molecule has 0 aromatic heterocycles. The molecule has 0 heterocycles. The van der Waals surface area contributed by atoms with Crippen LogP contribution >= 0.6 is 0 Å². The Balaban J connectivity index is 1.90. The fourth-order valence-corrected chi connectivity index (χ4v) is 11.6. The molecule has 4 rings (SSSR count). The van der Waals surface area contributed by atoms with Crippen LogP contribution in [0, 0.1) is 39.9 Å². The fourth-order valence-electron chi connectivity index (χ4n) is 9.25. The second-order valence-corrected chi connectivity index (χ2v) is 23.4. The van der Waals surface area contributed by atoms with Crippen LogP contribution in [-0.4, -0.2) is 55.0 Å². The van der Waals surface area contributed by atoms with Gasteiger partial charge in [-0.25, -0.2) is 0 Å². The number of rotatable bonds is 6. The number of carbonyl (C=O) groups is 2. The van der Waals surface area contributed by atoms with Crippen LogP contribution in [0.4, 0.5) is 0 Å². The maximum atomic E-state index is 13.8. The third kappa shape index (κ3) is 4.09. The molecule has 0 aromatic rings. The number of methoxy groups -OCH3 is 2. The van der Waals surface area contributed by atoms with Crippen LogP contribution in [0.5, 0.6) is 0 Å². The van der Waals surface area contributed by atoms with Crippen LogP contribution in [0.15, 0.2) is 12.2 Å². The van der Waals surface area contributed by atoms with E-state index in [0.717, 1.165) is 32.1 Å². The minimum atomic E-state index is -1.98. The Hall–Kier alpha value is -0.966. The first-order chi connectivity index (χ1) is 16.4. The second-order valence-electron chi connectivity index (χ2n) is 14.5. The van der Waals surface area contributed by atoms with Crippen molar-refractivity contribution in [1.82, 2.24) is 0 Å². The van der Waals surface area contributed by atoms with Crippen molar-refractivity contribution < 1.29 is 27.9 Å². The summed E-state index contributed by atoms with van der Waals surface area (Å²) in [6.45, 7) is 22.1. The topological polar surface area (TPSA) is 71.1 Å². The SMILES string of the molecule is C=C1C[C@]23C[C@H]1[C@@H](O[Si](C)(C)C)CC2[C@]1(C)CC[C@H](O[Si](C)(C)C)C(C)(C(=O)OC)C1C3C(=O)OC. The molecule has 0 aromatic carbocycles. The predicted octanol–water partition coefficient (Wildman–Crippen LogP) is 5.80. The van der Waals surface area contributed by atoms with Gasteiger partial charge < -0.3 is 18.3 Å². The lowest BCUT2D eigenvalue weighted by Crippen LogP contribution is -2.60. The average Bonchev–Trinajstić information content (AvgIpc) is 3.17. The van der Waals surface area contributed by atoms with Gasteiger partial charge in [-0.3, -0.25) is 9.59 Å². The van der Waals surface area contributed by atoms with Crippen LogP contribution in [0.1, 0.15) is 46.0 Å². The third-order valence-electron chi connectivity index (χ3n) is 10.1. The molecule has 0 N–H and O–H groups in total. The van der Waals surface area contributed by atoms with E-state index in [1.165, 1.54) is 19.8 Å². The molecule has 0 amide bonds. The van der Waals surface area contributed by atoms with E-state index in [2.05, 4.69) is 52.8 Å². The minimum absolute atomic E-state index is 0.124. The lowest BCUT2D eigenvalue weighted by atomic mass is 9.52. The summed E-state index contributed by atoms with van der Waals surface area (Å²) in [5, 5.41) is 0. The molecule has 1 spiro atoms. The molecule has 0 saturated heterocycles. The van der Waals surface area contributed by atoms with E-state index >= 15 is 0 Å². The van der Waals surface area contributed by atoms with Gasteiger partial charge in [-0.05, 0) is 101 Å². The minimum Gasteiger partial charge on any atom is -0.469 e. The normalized spacial score (nSPS) is 44.1. The van der Waals surface area contributed by atoms with Gasteiger partial charge in [0, 0.05) is 5.92 Å². The number of ether oxygens (including phenoxy) is 2. The summed E-state index contributed by atoms with van der Waals surface area (Å²) in [4.78, 5) is 27.6. The highest BCUT2D eigenvalue weighted by molar-refractivity contribution is 6.70. The average molecular weight is 537 g/mol. The molecule has 204 valence electrons. The molecule has 36 heavy (non-hydrogen) atoms. The van der Waals surface area contributed by atoms with E-state index in [1.807, 2.05) is 6.92 Å². The Morgan fingerprint density at radius 3 is 2.11 bits per heavy atom. The highest BCUT2D eigenvalue weighted by atomic mass is 28.4. The van der Waals surface area contributed by atoms with Gasteiger partial charge in [0.15, 0.2) is 16.6 Å². The first-order valence-electron chi connectivity index (χ1n) is 13.6. The van der Waals surface area contributed by atoms with Gasteiger partial charge in [0.05, 0.1) is 37.8 Å². The summed E-state index contributed by atoms with van der Waals surface area (Å²) in [5.41, 5.74) is -0.248. The van der Waals surface area contributed by atoms with Crippen LogP contribution in [-0.2, 0) is 27.9 Å². The predicted molar refractivity (Wildman–Crippen MR) is 145 cm³/mol. The number of hydrogen-bond acceptors (Lipinski definition) is 6. The molecule has 4 saturated carbocycles. The molecule has 6 nitrogen and oxygen atoms in total. The maximum Gasteiger partial charge on any atom is 0.314 e.